The number of halogens is 2. The van der Waals surface area contributed by atoms with Gasteiger partial charge in [-0.3, -0.25) is 9.69 Å². The highest BCUT2D eigenvalue weighted by Crippen LogP contribution is 2.16. The minimum atomic E-state index is -0.836. The van der Waals surface area contributed by atoms with Gasteiger partial charge in [0.05, 0.1) is 11.6 Å². The fourth-order valence-electron chi connectivity index (χ4n) is 3.26. The van der Waals surface area contributed by atoms with Gasteiger partial charge in [0.15, 0.2) is 11.6 Å². The molecule has 1 N–H and O–H groups in total. The maximum absolute atomic E-state index is 13.3. The monoisotopic (exact) mass is 381 g/mol. The molecule has 1 saturated heterocycles. The summed E-state index contributed by atoms with van der Waals surface area (Å²) in [5.41, 5.74) is 2.09. The molecule has 0 saturated carbocycles. The van der Waals surface area contributed by atoms with Crippen LogP contribution in [-0.2, 0) is 11.3 Å². The summed E-state index contributed by atoms with van der Waals surface area (Å²) in [5.74, 6) is -1.83. The van der Waals surface area contributed by atoms with Crippen molar-refractivity contribution in [3.05, 3.63) is 76.9 Å². The van der Waals surface area contributed by atoms with Crippen LogP contribution in [0, 0.1) is 23.0 Å². The van der Waals surface area contributed by atoms with Crippen LogP contribution in [0.15, 0.2) is 48.5 Å². The maximum Gasteiger partial charge on any atom is 0.244 e. The maximum atomic E-state index is 13.3. The smallest absolute Gasteiger partial charge is 0.244 e. The second-order valence-corrected chi connectivity index (χ2v) is 6.88. The molecule has 0 radical (unpaired) electrons. The van der Waals surface area contributed by atoms with Gasteiger partial charge in [0, 0.05) is 31.8 Å². The lowest BCUT2D eigenvalue weighted by Crippen LogP contribution is -2.43. The Hall–Kier alpha value is -3.04. The second kappa shape index (κ2) is 9.25. The minimum absolute atomic E-state index is 0.0868. The van der Waals surface area contributed by atoms with Gasteiger partial charge in [-0.15, -0.1) is 0 Å². The Labute approximate surface area is 163 Å². The van der Waals surface area contributed by atoms with Crippen LogP contribution in [0.5, 0.6) is 0 Å². The summed E-state index contributed by atoms with van der Waals surface area (Å²) in [5, 5.41) is 11.9. The highest BCUT2D eigenvalue weighted by molar-refractivity contribution is 5.91. The first-order valence-electron chi connectivity index (χ1n) is 9.18. The van der Waals surface area contributed by atoms with E-state index in [2.05, 4.69) is 16.3 Å². The molecule has 3 rings (SSSR count). The number of rotatable bonds is 5. The van der Waals surface area contributed by atoms with Gasteiger partial charge in [-0.05, 0) is 54.3 Å². The van der Waals surface area contributed by atoms with E-state index in [1.807, 2.05) is 6.07 Å². The highest BCUT2D eigenvalue weighted by Gasteiger charge is 2.20. The van der Waals surface area contributed by atoms with Crippen LogP contribution < -0.4 is 5.32 Å². The number of piperidine rings is 1. The summed E-state index contributed by atoms with van der Waals surface area (Å²) >= 11 is 0. The number of amides is 1. The Morgan fingerprint density at radius 2 is 1.96 bits per heavy atom. The van der Waals surface area contributed by atoms with Crippen molar-refractivity contribution in [2.75, 3.05) is 13.1 Å². The lowest BCUT2D eigenvalue weighted by molar-refractivity contribution is -0.117. The second-order valence-electron chi connectivity index (χ2n) is 6.88. The van der Waals surface area contributed by atoms with Gasteiger partial charge in [-0.25, -0.2) is 8.78 Å². The van der Waals surface area contributed by atoms with Crippen molar-refractivity contribution in [3.63, 3.8) is 0 Å². The van der Waals surface area contributed by atoms with E-state index >= 15 is 0 Å². The molecule has 1 aliphatic rings. The molecule has 1 aliphatic heterocycles. The minimum Gasteiger partial charge on any atom is -0.350 e. The average Bonchev–Trinajstić information content (AvgIpc) is 2.71. The molecule has 2 aromatic rings. The predicted molar refractivity (Wildman–Crippen MR) is 103 cm³/mol. The molecule has 0 spiro atoms. The summed E-state index contributed by atoms with van der Waals surface area (Å²) in [6, 6.07) is 13.2. The molecule has 0 atom stereocenters. The van der Waals surface area contributed by atoms with Gasteiger partial charge < -0.3 is 5.32 Å². The molecule has 1 fully saturated rings. The van der Waals surface area contributed by atoms with Gasteiger partial charge >= 0.3 is 0 Å². The molecule has 4 nitrogen and oxygen atoms in total. The zero-order valence-corrected chi connectivity index (χ0v) is 15.4. The van der Waals surface area contributed by atoms with E-state index in [1.165, 1.54) is 12.1 Å². The third-order valence-electron chi connectivity index (χ3n) is 4.77. The van der Waals surface area contributed by atoms with Crippen LogP contribution in [0.1, 0.15) is 29.5 Å². The summed E-state index contributed by atoms with van der Waals surface area (Å²) in [6.45, 7) is 2.11. The number of benzene rings is 2. The Kier molecular flexibility index (Phi) is 6.51. The van der Waals surface area contributed by atoms with Crippen LogP contribution in [0.2, 0.25) is 0 Å². The summed E-state index contributed by atoms with van der Waals surface area (Å²) < 4.78 is 26.3. The van der Waals surface area contributed by atoms with Crippen molar-refractivity contribution >= 4 is 12.0 Å². The Balaban J connectivity index is 1.45. The summed E-state index contributed by atoms with van der Waals surface area (Å²) in [4.78, 5) is 14.3. The van der Waals surface area contributed by atoms with Crippen molar-refractivity contribution in [2.45, 2.75) is 25.4 Å². The third-order valence-corrected chi connectivity index (χ3v) is 4.77. The molecular weight excluding hydrogens is 360 g/mol. The van der Waals surface area contributed by atoms with Crippen LogP contribution in [0.3, 0.4) is 0 Å². The fourth-order valence-corrected chi connectivity index (χ4v) is 3.26. The van der Waals surface area contributed by atoms with Crippen LogP contribution in [-0.4, -0.2) is 29.9 Å². The number of carbonyl (C=O) groups excluding carboxylic acids is 1. The topological polar surface area (TPSA) is 56.1 Å². The van der Waals surface area contributed by atoms with E-state index in [9.17, 15) is 13.6 Å². The number of hydrogen-bond donors (Lipinski definition) is 1. The van der Waals surface area contributed by atoms with Crippen molar-refractivity contribution in [1.82, 2.24) is 10.2 Å². The molecule has 2 aromatic carbocycles. The van der Waals surface area contributed by atoms with Gasteiger partial charge in [0.2, 0.25) is 5.91 Å². The van der Waals surface area contributed by atoms with Crippen molar-refractivity contribution in [1.29, 1.82) is 5.26 Å². The molecule has 28 heavy (non-hydrogen) atoms. The number of nitrogens with one attached hydrogen (secondary N) is 1. The predicted octanol–water partition coefficient (Wildman–Crippen LogP) is 3.63. The zero-order chi connectivity index (χ0) is 19.9. The lowest BCUT2D eigenvalue weighted by Gasteiger charge is -2.32. The van der Waals surface area contributed by atoms with E-state index in [1.54, 1.807) is 30.3 Å². The number of nitriles is 1. The Morgan fingerprint density at radius 1 is 1.18 bits per heavy atom. The molecule has 6 heteroatoms. The van der Waals surface area contributed by atoms with E-state index in [0.29, 0.717) is 12.1 Å². The van der Waals surface area contributed by atoms with Gasteiger partial charge in [0.25, 0.3) is 0 Å². The Morgan fingerprint density at radius 3 is 2.68 bits per heavy atom. The molecule has 1 heterocycles. The molecule has 1 amide bonds. The van der Waals surface area contributed by atoms with Crippen LogP contribution >= 0.6 is 0 Å². The number of likely N-dealkylation sites (tertiary alicyclic amines) is 1. The zero-order valence-electron chi connectivity index (χ0n) is 15.4. The van der Waals surface area contributed by atoms with E-state index < -0.39 is 11.6 Å². The molecular formula is C22H21F2N3O. The van der Waals surface area contributed by atoms with Gasteiger partial charge in [-0.1, -0.05) is 18.2 Å². The van der Waals surface area contributed by atoms with Crippen LogP contribution in [0.4, 0.5) is 8.78 Å². The molecule has 0 bridgehead atoms. The fraction of sp³-hybridized carbons (Fsp3) is 0.273. The first-order chi connectivity index (χ1) is 13.5. The number of carbonyl (C=O) groups is 1. The SMILES string of the molecule is N#Cc1cccc(/C=C\C(=O)NC2CCN(Cc3ccc(F)c(F)c3)CC2)c1. The standard InChI is InChI=1S/C22H21F2N3O/c23-20-6-4-18(13-21(20)24)15-27-10-8-19(9-11-27)26-22(28)7-5-16-2-1-3-17(12-16)14-25/h1-7,12-13,19H,8-11,15H2,(H,26,28)/b7-5-. The molecule has 144 valence electrons. The van der Waals surface area contributed by atoms with Crippen molar-refractivity contribution in [3.8, 4) is 6.07 Å². The first kappa shape index (κ1) is 19.7. The van der Waals surface area contributed by atoms with Gasteiger partial charge in [0.1, 0.15) is 0 Å². The quantitative estimate of drug-likeness (QED) is 0.805. The Bertz CT molecular complexity index is 912. The molecule has 0 aliphatic carbocycles. The van der Waals surface area contributed by atoms with E-state index in [4.69, 9.17) is 5.26 Å². The summed E-state index contributed by atoms with van der Waals surface area (Å²) in [6.07, 6.45) is 4.76. The lowest BCUT2D eigenvalue weighted by atomic mass is 10.0. The van der Waals surface area contributed by atoms with E-state index in [-0.39, 0.29) is 11.9 Å². The number of hydrogen-bond acceptors (Lipinski definition) is 3. The number of nitrogens with zero attached hydrogens (tertiary/aromatic N) is 2. The summed E-state index contributed by atoms with van der Waals surface area (Å²) in [7, 11) is 0. The van der Waals surface area contributed by atoms with E-state index in [0.717, 1.165) is 43.1 Å². The van der Waals surface area contributed by atoms with Gasteiger partial charge in [-0.2, -0.15) is 5.26 Å². The van der Waals surface area contributed by atoms with Crippen molar-refractivity contribution < 1.29 is 13.6 Å². The van der Waals surface area contributed by atoms with Crippen molar-refractivity contribution in [2.24, 2.45) is 0 Å². The third kappa shape index (κ3) is 5.48. The first-order valence-corrected chi connectivity index (χ1v) is 9.18. The molecule has 0 aromatic heterocycles. The largest absolute Gasteiger partial charge is 0.350 e. The van der Waals surface area contributed by atoms with Crippen LogP contribution in [0.25, 0.3) is 6.08 Å². The molecule has 0 unspecified atom stereocenters. The average molecular weight is 381 g/mol. The highest BCUT2D eigenvalue weighted by atomic mass is 19.2. The normalized spacial score (nSPS) is 15.5.